The molecule has 0 unspecified atom stereocenters. The van der Waals surface area contributed by atoms with Crippen LogP contribution < -0.4 is 10.6 Å². The Kier molecular flexibility index (Phi) is 5.62. The van der Waals surface area contributed by atoms with Crippen LogP contribution in [-0.2, 0) is 11.3 Å². The van der Waals surface area contributed by atoms with Gasteiger partial charge >= 0.3 is 6.09 Å². The van der Waals surface area contributed by atoms with Crippen molar-refractivity contribution in [2.45, 2.75) is 45.3 Å². The number of hydrogen-bond donors (Lipinski definition) is 2. The molecule has 0 aromatic heterocycles. The van der Waals surface area contributed by atoms with Crippen molar-refractivity contribution in [3.8, 4) is 0 Å². The fourth-order valence-electron chi connectivity index (χ4n) is 2.85. The van der Waals surface area contributed by atoms with Gasteiger partial charge in [-0.15, -0.1) is 0 Å². The molecule has 1 fully saturated rings. The van der Waals surface area contributed by atoms with Crippen molar-refractivity contribution in [2.24, 2.45) is 5.92 Å². The number of amides is 1. The van der Waals surface area contributed by atoms with Gasteiger partial charge in [0.1, 0.15) is 6.61 Å². The van der Waals surface area contributed by atoms with Crippen molar-refractivity contribution in [2.75, 3.05) is 13.1 Å². The van der Waals surface area contributed by atoms with E-state index in [4.69, 9.17) is 4.74 Å². The number of carbonyl (C=O) groups is 1. The van der Waals surface area contributed by atoms with E-state index in [0.717, 1.165) is 30.9 Å². The fraction of sp³-hybridized carbons (Fsp3) is 0.588. The van der Waals surface area contributed by atoms with Crippen LogP contribution in [0.1, 0.15) is 38.7 Å². The quantitative estimate of drug-likeness (QED) is 0.792. The van der Waals surface area contributed by atoms with Crippen LogP contribution in [0.2, 0.25) is 0 Å². The Morgan fingerprint density at radius 3 is 2.81 bits per heavy atom. The zero-order valence-electron chi connectivity index (χ0n) is 13.0. The zero-order chi connectivity index (χ0) is 15.1. The highest BCUT2D eigenvalue weighted by atomic mass is 16.5. The SMILES string of the molecule is CC1(C)C[C@@H](CCCNC(=O)OCc2ccccc2)CN1. The highest BCUT2D eigenvalue weighted by Gasteiger charge is 2.29. The maximum Gasteiger partial charge on any atom is 0.407 e. The van der Waals surface area contributed by atoms with E-state index in [1.807, 2.05) is 30.3 Å². The van der Waals surface area contributed by atoms with Crippen LogP contribution in [0.15, 0.2) is 30.3 Å². The lowest BCUT2D eigenvalue weighted by molar-refractivity contribution is 0.139. The molecule has 0 bridgehead atoms. The monoisotopic (exact) mass is 290 g/mol. The number of benzene rings is 1. The van der Waals surface area contributed by atoms with Gasteiger partial charge in [-0.2, -0.15) is 0 Å². The van der Waals surface area contributed by atoms with Gasteiger partial charge in [-0.25, -0.2) is 4.79 Å². The molecule has 0 aliphatic carbocycles. The molecule has 1 aromatic rings. The summed E-state index contributed by atoms with van der Waals surface area (Å²) in [6.07, 6.45) is 3.03. The van der Waals surface area contributed by atoms with Crippen LogP contribution in [-0.4, -0.2) is 24.7 Å². The molecule has 0 saturated carbocycles. The first-order valence-corrected chi connectivity index (χ1v) is 7.75. The number of nitrogens with one attached hydrogen (secondary N) is 2. The summed E-state index contributed by atoms with van der Waals surface area (Å²) in [6, 6.07) is 9.72. The summed E-state index contributed by atoms with van der Waals surface area (Å²) in [5.41, 5.74) is 1.28. The Balaban J connectivity index is 1.54. The molecule has 0 radical (unpaired) electrons. The van der Waals surface area contributed by atoms with Gasteiger partial charge < -0.3 is 15.4 Å². The van der Waals surface area contributed by atoms with Crippen LogP contribution in [0.4, 0.5) is 4.79 Å². The van der Waals surface area contributed by atoms with E-state index < -0.39 is 0 Å². The highest BCUT2D eigenvalue weighted by Crippen LogP contribution is 2.26. The first kappa shape index (κ1) is 15.8. The van der Waals surface area contributed by atoms with Crippen LogP contribution in [0.25, 0.3) is 0 Å². The summed E-state index contributed by atoms with van der Waals surface area (Å²) in [5, 5.41) is 6.34. The second kappa shape index (κ2) is 7.46. The molecule has 1 aromatic carbocycles. The summed E-state index contributed by atoms with van der Waals surface area (Å²) in [4.78, 5) is 11.6. The van der Waals surface area contributed by atoms with Crippen LogP contribution in [0.3, 0.4) is 0 Å². The Morgan fingerprint density at radius 2 is 2.14 bits per heavy atom. The molecule has 1 aliphatic rings. The van der Waals surface area contributed by atoms with Crippen molar-refractivity contribution in [1.29, 1.82) is 0 Å². The molecule has 2 rings (SSSR count). The van der Waals surface area contributed by atoms with E-state index in [-0.39, 0.29) is 11.6 Å². The predicted octanol–water partition coefficient (Wildman–Crippen LogP) is 3.08. The van der Waals surface area contributed by atoms with Gasteiger partial charge in [0.2, 0.25) is 0 Å². The van der Waals surface area contributed by atoms with Crippen molar-refractivity contribution in [3.63, 3.8) is 0 Å². The zero-order valence-corrected chi connectivity index (χ0v) is 13.0. The minimum atomic E-state index is -0.330. The summed E-state index contributed by atoms with van der Waals surface area (Å²) < 4.78 is 5.17. The lowest BCUT2D eigenvalue weighted by Crippen LogP contribution is -2.31. The lowest BCUT2D eigenvalue weighted by Gasteiger charge is -2.17. The van der Waals surface area contributed by atoms with Crippen LogP contribution in [0, 0.1) is 5.92 Å². The molecule has 1 amide bonds. The summed E-state index contributed by atoms with van der Waals surface area (Å²) >= 11 is 0. The number of ether oxygens (including phenoxy) is 1. The third-order valence-electron chi connectivity index (χ3n) is 3.94. The predicted molar refractivity (Wildman–Crippen MR) is 84.1 cm³/mol. The van der Waals surface area contributed by atoms with E-state index in [1.165, 1.54) is 6.42 Å². The third-order valence-corrected chi connectivity index (χ3v) is 3.94. The minimum absolute atomic E-state index is 0.271. The average molecular weight is 290 g/mol. The van der Waals surface area contributed by atoms with E-state index in [2.05, 4.69) is 24.5 Å². The first-order valence-electron chi connectivity index (χ1n) is 7.75. The molecule has 1 atom stereocenters. The maximum atomic E-state index is 11.6. The van der Waals surface area contributed by atoms with Crippen molar-refractivity contribution < 1.29 is 9.53 Å². The summed E-state index contributed by atoms with van der Waals surface area (Å²) in [7, 11) is 0. The molecular formula is C17H26N2O2. The molecule has 1 aliphatic heterocycles. The van der Waals surface area contributed by atoms with Gasteiger partial charge in [0, 0.05) is 12.1 Å². The topological polar surface area (TPSA) is 50.4 Å². The van der Waals surface area contributed by atoms with E-state index >= 15 is 0 Å². The maximum absolute atomic E-state index is 11.6. The second-order valence-electron chi connectivity index (χ2n) is 6.47. The van der Waals surface area contributed by atoms with E-state index in [0.29, 0.717) is 13.2 Å². The van der Waals surface area contributed by atoms with Gasteiger partial charge in [0.25, 0.3) is 0 Å². The molecule has 2 N–H and O–H groups in total. The van der Waals surface area contributed by atoms with Crippen molar-refractivity contribution in [1.82, 2.24) is 10.6 Å². The molecule has 4 heteroatoms. The van der Waals surface area contributed by atoms with Crippen molar-refractivity contribution in [3.05, 3.63) is 35.9 Å². The molecule has 21 heavy (non-hydrogen) atoms. The minimum Gasteiger partial charge on any atom is -0.445 e. The largest absolute Gasteiger partial charge is 0.445 e. The van der Waals surface area contributed by atoms with Gasteiger partial charge in [0.15, 0.2) is 0 Å². The van der Waals surface area contributed by atoms with E-state index in [9.17, 15) is 4.79 Å². The Morgan fingerprint density at radius 1 is 1.38 bits per heavy atom. The fourth-order valence-corrected chi connectivity index (χ4v) is 2.85. The number of rotatable bonds is 6. The Labute approximate surface area is 127 Å². The van der Waals surface area contributed by atoms with Gasteiger partial charge in [-0.3, -0.25) is 0 Å². The lowest BCUT2D eigenvalue weighted by atomic mass is 9.94. The first-order chi connectivity index (χ1) is 10.1. The molecule has 4 nitrogen and oxygen atoms in total. The van der Waals surface area contributed by atoms with Gasteiger partial charge in [-0.1, -0.05) is 30.3 Å². The Bertz CT molecular complexity index is 445. The average Bonchev–Trinajstić information content (AvgIpc) is 2.82. The van der Waals surface area contributed by atoms with Crippen LogP contribution >= 0.6 is 0 Å². The van der Waals surface area contributed by atoms with Crippen LogP contribution in [0.5, 0.6) is 0 Å². The molecular weight excluding hydrogens is 264 g/mol. The normalized spacial score (nSPS) is 20.2. The Hall–Kier alpha value is -1.55. The smallest absolute Gasteiger partial charge is 0.407 e. The summed E-state index contributed by atoms with van der Waals surface area (Å²) in [5.74, 6) is 0.724. The second-order valence-corrected chi connectivity index (χ2v) is 6.47. The van der Waals surface area contributed by atoms with Crippen molar-refractivity contribution >= 4 is 6.09 Å². The third kappa shape index (κ3) is 5.76. The highest BCUT2D eigenvalue weighted by molar-refractivity contribution is 5.67. The molecule has 1 saturated heterocycles. The molecule has 116 valence electrons. The molecule has 1 heterocycles. The standard InChI is InChI=1S/C17H26N2O2/c1-17(2)11-15(12-19-17)9-6-10-18-16(20)21-13-14-7-4-3-5-8-14/h3-5,7-8,15,19H,6,9-13H2,1-2H3,(H,18,20)/t15-/m1/s1. The summed E-state index contributed by atoms with van der Waals surface area (Å²) in [6.45, 7) is 6.59. The van der Waals surface area contributed by atoms with Gasteiger partial charge in [0.05, 0.1) is 0 Å². The van der Waals surface area contributed by atoms with Gasteiger partial charge in [-0.05, 0) is 51.1 Å². The van der Waals surface area contributed by atoms with E-state index in [1.54, 1.807) is 0 Å². The number of hydrogen-bond acceptors (Lipinski definition) is 3. The molecule has 0 spiro atoms. The number of alkyl carbamates (subject to hydrolysis) is 1. The number of carbonyl (C=O) groups excluding carboxylic acids is 1.